The molecule has 0 aliphatic heterocycles. The number of hydrogen-bond acceptors (Lipinski definition) is 3. The van der Waals surface area contributed by atoms with Crippen molar-refractivity contribution in [2.24, 2.45) is 0 Å². The van der Waals surface area contributed by atoms with Crippen LogP contribution in [0.5, 0.6) is 0 Å². The molecule has 0 fully saturated rings. The van der Waals surface area contributed by atoms with E-state index in [4.69, 9.17) is 39.5 Å². The van der Waals surface area contributed by atoms with E-state index in [9.17, 15) is 4.79 Å². The number of carbonyl (C=O) groups excluding carboxylic acids is 1. The molecule has 0 aromatic rings. The van der Waals surface area contributed by atoms with Gasteiger partial charge in [0.05, 0.1) is 0 Å². The van der Waals surface area contributed by atoms with E-state index >= 15 is 0 Å². The molecule has 0 radical (unpaired) electrons. The largest absolute Gasteiger partial charge is 0.463 e. The second-order valence-electron chi connectivity index (χ2n) is 2.57. The highest BCUT2D eigenvalue weighted by molar-refractivity contribution is 6.26. The molecular weight excluding hydrogens is 248 g/mol. The van der Waals surface area contributed by atoms with Gasteiger partial charge in [0.2, 0.25) is 0 Å². The topological polar surface area (TPSA) is 29.5 Å². The minimum atomic E-state index is -0.400. The van der Waals surface area contributed by atoms with Gasteiger partial charge >= 0.3 is 5.97 Å². The number of ether oxygens (including phenoxy) is 1. The Balaban J connectivity index is 3.54. The molecule has 3 nitrogen and oxygen atoms in total. The van der Waals surface area contributed by atoms with Gasteiger partial charge in [0.25, 0.3) is 0 Å². The van der Waals surface area contributed by atoms with Gasteiger partial charge in [-0.25, -0.2) is 0 Å². The molecule has 0 aromatic heterocycles. The van der Waals surface area contributed by atoms with Gasteiger partial charge in [0.1, 0.15) is 12.5 Å². The van der Waals surface area contributed by atoms with E-state index < -0.39 is 5.97 Å². The molecule has 0 amide bonds. The fourth-order valence-electron chi connectivity index (χ4n) is 0.902. The van der Waals surface area contributed by atoms with Gasteiger partial charge < -0.3 is 4.74 Å². The molecule has 14 heavy (non-hydrogen) atoms. The Bertz CT molecular complexity index is 152. The summed E-state index contributed by atoms with van der Waals surface area (Å²) >= 11 is 16.4. The lowest BCUT2D eigenvalue weighted by Crippen LogP contribution is -2.32. The second kappa shape index (κ2) is 9.84. The first kappa shape index (κ1) is 14.3. The Kier molecular flexibility index (Phi) is 10.1. The van der Waals surface area contributed by atoms with Crippen LogP contribution >= 0.6 is 34.8 Å². The first-order chi connectivity index (χ1) is 6.74. The standard InChI is InChI=1S/C8H14Cl3NO2/c9-1-3-12(4-2-10)5-6-14-8(13)7-11/h1-7H2. The molecular formula is C8H14Cl3NO2. The van der Waals surface area contributed by atoms with Crippen LogP contribution in [0, 0.1) is 0 Å². The summed E-state index contributed by atoms with van der Waals surface area (Å²) in [5.74, 6) is 0.578. The third kappa shape index (κ3) is 7.68. The maximum absolute atomic E-state index is 10.7. The molecule has 0 atom stereocenters. The molecule has 0 N–H and O–H groups in total. The Morgan fingerprint density at radius 1 is 1.07 bits per heavy atom. The Hall–Kier alpha value is 0.300. The zero-order valence-electron chi connectivity index (χ0n) is 7.85. The normalized spacial score (nSPS) is 10.6. The molecule has 6 heteroatoms. The zero-order chi connectivity index (χ0) is 10.8. The van der Waals surface area contributed by atoms with Gasteiger partial charge in [-0.1, -0.05) is 0 Å². The summed E-state index contributed by atoms with van der Waals surface area (Å²) in [6.07, 6.45) is 0. The molecule has 0 bridgehead atoms. The maximum Gasteiger partial charge on any atom is 0.320 e. The minimum Gasteiger partial charge on any atom is -0.463 e. The number of halogens is 3. The first-order valence-corrected chi connectivity index (χ1v) is 5.90. The van der Waals surface area contributed by atoms with E-state index in [-0.39, 0.29) is 5.88 Å². The third-order valence-electron chi connectivity index (χ3n) is 1.58. The van der Waals surface area contributed by atoms with E-state index in [2.05, 4.69) is 0 Å². The van der Waals surface area contributed by atoms with Crippen LogP contribution in [0.1, 0.15) is 0 Å². The number of esters is 1. The first-order valence-electron chi connectivity index (χ1n) is 4.30. The van der Waals surface area contributed by atoms with Crippen LogP contribution in [0.15, 0.2) is 0 Å². The summed E-state index contributed by atoms with van der Waals surface area (Å²) in [6, 6.07) is 0. The number of carbonyl (C=O) groups is 1. The van der Waals surface area contributed by atoms with Crippen molar-refractivity contribution in [1.82, 2.24) is 4.90 Å². The van der Waals surface area contributed by atoms with E-state index in [0.717, 1.165) is 13.1 Å². The molecule has 0 heterocycles. The van der Waals surface area contributed by atoms with Gasteiger partial charge in [-0.15, -0.1) is 34.8 Å². The smallest absolute Gasteiger partial charge is 0.320 e. The lowest BCUT2D eigenvalue weighted by Gasteiger charge is -2.19. The Morgan fingerprint density at radius 2 is 1.64 bits per heavy atom. The second-order valence-corrected chi connectivity index (χ2v) is 3.60. The Labute approximate surface area is 99.2 Å². The van der Waals surface area contributed by atoms with Crippen molar-refractivity contribution < 1.29 is 9.53 Å². The number of hydrogen-bond donors (Lipinski definition) is 0. The molecule has 84 valence electrons. The van der Waals surface area contributed by atoms with Crippen LogP contribution in [0.25, 0.3) is 0 Å². The fraction of sp³-hybridized carbons (Fsp3) is 0.875. The van der Waals surface area contributed by atoms with Crippen molar-refractivity contribution in [2.75, 3.05) is 43.9 Å². The average Bonchev–Trinajstić information content (AvgIpc) is 2.18. The summed E-state index contributed by atoms with van der Waals surface area (Å²) in [5.41, 5.74) is 0. The quantitative estimate of drug-likeness (QED) is 0.491. The van der Waals surface area contributed by atoms with E-state index in [1.165, 1.54) is 0 Å². The number of nitrogens with zero attached hydrogens (tertiary/aromatic N) is 1. The summed E-state index contributed by atoms with van der Waals surface area (Å²) in [6.45, 7) is 2.46. The molecule has 0 aliphatic carbocycles. The van der Waals surface area contributed by atoms with Crippen molar-refractivity contribution in [3.63, 3.8) is 0 Å². The van der Waals surface area contributed by atoms with Gasteiger partial charge in [-0.2, -0.15) is 0 Å². The third-order valence-corrected chi connectivity index (χ3v) is 2.14. The molecule has 0 aliphatic rings. The fourth-order valence-corrected chi connectivity index (χ4v) is 1.46. The van der Waals surface area contributed by atoms with Gasteiger partial charge in [-0.3, -0.25) is 9.69 Å². The lowest BCUT2D eigenvalue weighted by molar-refractivity contribution is -0.140. The van der Waals surface area contributed by atoms with E-state index in [1.807, 2.05) is 4.90 Å². The van der Waals surface area contributed by atoms with Gasteiger partial charge in [0, 0.05) is 31.4 Å². The summed E-state index contributed by atoms with van der Waals surface area (Å²) in [4.78, 5) is 12.7. The molecule has 0 saturated carbocycles. The highest BCUT2D eigenvalue weighted by atomic mass is 35.5. The van der Waals surface area contributed by atoms with Crippen molar-refractivity contribution in [3.8, 4) is 0 Å². The minimum absolute atomic E-state index is 0.106. The number of alkyl halides is 3. The summed E-state index contributed by atoms with van der Waals surface area (Å²) in [5, 5.41) is 0. The highest BCUT2D eigenvalue weighted by Gasteiger charge is 2.05. The average molecular weight is 263 g/mol. The lowest BCUT2D eigenvalue weighted by atomic mass is 10.5. The summed E-state index contributed by atoms with van der Waals surface area (Å²) in [7, 11) is 0. The monoisotopic (exact) mass is 261 g/mol. The van der Waals surface area contributed by atoms with Crippen LogP contribution in [-0.4, -0.2) is 54.8 Å². The van der Waals surface area contributed by atoms with Crippen LogP contribution < -0.4 is 0 Å². The van der Waals surface area contributed by atoms with Gasteiger partial charge in [-0.05, 0) is 0 Å². The van der Waals surface area contributed by atoms with Crippen molar-refractivity contribution >= 4 is 40.8 Å². The van der Waals surface area contributed by atoms with Crippen LogP contribution in [-0.2, 0) is 9.53 Å². The molecule has 0 rings (SSSR count). The van der Waals surface area contributed by atoms with Crippen LogP contribution in [0.4, 0.5) is 0 Å². The molecule has 0 spiro atoms. The number of rotatable bonds is 8. The Morgan fingerprint density at radius 3 is 2.07 bits per heavy atom. The molecule has 0 unspecified atom stereocenters. The van der Waals surface area contributed by atoms with E-state index in [0.29, 0.717) is 24.9 Å². The van der Waals surface area contributed by atoms with E-state index in [1.54, 1.807) is 0 Å². The van der Waals surface area contributed by atoms with Crippen LogP contribution in [0.2, 0.25) is 0 Å². The zero-order valence-corrected chi connectivity index (χ0v) is 10.1. The SMILES string of the molecule is O=C(CCl)OCCN(CCCl)CCCl. The van der Waals surface area contributed by atoms with Crippen molar-refractivity contribution in [2.45, 2.75) is 0 Å². The summed E-state index contributed by atoms with van der Waals surface area (Å²) < 4.78 is 4.82. The predicted octanol–water partition coefficient (Wildman–Crippen LogP) is 1.55. The van der Waals surface area contributed by atoms with Crippen molar-refractivity contribution in [3.05, 3.63) is 0 Å². The maximum atomic E-state index is 10.7. The van der Waals surface area contributed by atoms with Crippen LogP contribution in [0.3, 0.4) is 0 Å². The van der Waals surface area contributed by atoms with Crippen molar-refractivity contribution in [1.29, 1.82) is 0 Å². The predicted molar refractivity (Wildman–Crippen MR) is 59.6 cm³/mol. The highest BCUT2D eigenvalue weighted by Crippen LogP contribution is 1.93. The molecule has 0 saturated heterocycles. The molecule has 0 aromatic carbocycles. The van der Waals surface area contributed by atoms with Gasteiger partial charge in [0.15, 0.2) is 0 Å².